The van der Waals surface area contributed by atoms with Crippen molar-refractivity contribution < 1.29 is 9.21 Å². The number of ketones is 1. The van der Waals surface area contributed by atoms with Gasteiger partial charge < -0.3 is 10.2 Å². The molecule has 0 spiro atoms. The van der Waals surface area contributed by atoms with Crippen LogP contribution in [0.4, 0.5) is 0 Å². The van der Waals surface area contributed by atoms with E-state index < -0.39 is 0 Å². The molecule has 4 nitrogen and oxygen atoms in total. The van der Waals surface area contributed by atoms with Crippen molar-refractivity contribution in [2.75, 3.05) is 26.2 Å². The highest BCUT2D eigenvalue weighted by atomic mass is 16.3. The lowest BCUT2D eigenvalue weighted by molar-refractivity contribution is 0.0918. The predicted molar refractivity (Wildman–Crippen MR) is 74.1 cm³/mol. The van der Waals surface area contributed by atoms with Crippen LogP contribution in [-0.4, -0.2) is 36.9 Å². The van der Waals surface area contributed by atoms with E-state index in [1.165, 1.54) is 0 Å². The summed E-state index contributed by atoms with van der Waals surface area (Å²) in [5.41, 5.74) is 6.43. The van der Waals surface area contributed by atoms with Crippen molar-refractivity contribution >= 4 is 16.8 Å². The van der Waals surface area contributed by atoms with Crippen LogP contribution in [0, 0.1) is 5.92 Å². The molecule has 19 heavy (non-hydrogen) atoms. The van der Waals surface area contributed by atoms with Crippen LogP contribution < -0.4 is 5.73 Å². The van der Waals surface area contributed by atoms with E-state index in [0.717, 1.165) is 30.5 Å². The molecule has 0 amide bonds. The second-order valence-corrected chi connectivity index (χ2v) is 5.20. The highest BCUT2D eigenvalue weighted by molar-refractivity contribution is 5.98. The van der Waals surface area contributed by atoms with E-state index >= 15 is 0 Å². The Morgan fingerprint density at radius 3 is 3.00 bits per heavy atom. The Kier molecular flexibility index (Phi) is 3.36. The Bertz CT molecular complexity index is 558. The van der Waals surface area contributed by atoms with E-state index in [9.17, 15) is 4.79 Å². The lowest BCUT2D eigenvalue weighted by atomic mass is 10.1. The van der Waals surface area contributed by atoms with Crippen molar-refractivity contribution in [2.24, 2.45) is 11.7 Å². The number of nitrogens with zero attached hydrogens (tertiary/aromatic N) is 1. The molecule has 2 aromatic rings. The Labute approximate surface area is 112 Å². The third-order valence-corrected chi connectivity index (χ3v) is 3.77. The standard InChI is InChI=1S/C15H18N2O2/c16-8-11-5-6-17(9-11)10-13(18)15-7-12-3-1-2-4-14(12)19-15/h1-4,7,11H,5-6,8-10,16H2. The van der Waals surface area contributed by atoms with Gasteiger partial charge in [0.25, 0.3) is 0 Å². The lowest BCUT2D eigenvalue weighted by Gasteiger charge is -2.13. The second kappa shape index (κ2) is 5.15. The zero-order valence-corrected chi connectivity index (χ0v) is 10.8. The Morgan fingerprint density at radius 2 is 2.26 bits per heavy atom. The van der Waals surface area contributed by atoms with Gasteiger partial charge in [0.15, 0.2) is 5.76 Å². The minimum atomic E-state index is 0.0499. The summed E-state index contributed by atoms with van der Waals surface area (Å²) in [4.78, 5) is 14.4. The number of carbonyl (C=O) groups is 1. The molecule has 1 saturated heterocycles. The van der Waals surface area contributed by atoms with Crippen LogP contribution in [-0.2, 0) is 0 Å². The number of rotatable bonds is 4. The zero-order chi connectivity index (χ0) is 13.2. The van der Waals surface area contributed by atoms with Gasteiger partial charge in [0, 0.05) is 11.9 Å². The third-order valence-electron chi connectivity index (χ3n) is 3.77. The summed E-state index contributed by atoms with van der Waals surface area (Å²) >= 11 is 0. The van der Waals surface area contributed by atoms with E-state index in [1.54, 1.807) is 0 Å². The van der Waals surface area contributed by atoms with Gasteiger partial charge in [0.2, 0.25) is 5.78 Å². The van der Waals surface area contributed by atoms with Gasteiger partial charge in [-0.05, 0) is 37.6 Å². The van der Waals surface area contributed by atoms with Crippen molar-refractivity contribution in [3.63, 3.8) is 0 Å². The summed E-state index contributed by atoms with van der Waals surface area (Å²) < 4.78 is 5.59. The number of likely N-dealkylation sites (tertiary alicyclic amines) is 1. The van der Waals surface area contributed by atoms with Crippen molar-refractivity contribution in [3.05, 3.63) is 36.1 Å². The summed E-state index contributed by atoms with van der Waals surface area (Å²) in [6.45, 7) is 3.00. The fourth-order valence-corrected chi connectivity index (χ4v) is 2.65. The summed E-state index contributed by atoms with van der Waals surface area (Å²) in [7, 11) is 0. The molecule has 1 atom stereocenters. The fourth-order valence-electron chi connectivity index (χ4n) is 2.65. The average molecular weight is 258 g/mol. The fraction of sp³-hybridized carbons (Fsp3) is 0.400. The SMILES string of the molecule is NCC1CCN(CC(=O)c2cc3ccccc3o2)C1. The molecule has 3 rings (SSSR count). The molecule has 1 aliphatic rings. The minimum Gasteiger partial charge on any atom is -0.453 e. The number of nitrogens with two attached hydrogens (primary N) is 1. The Hall–Kier alpha value is -1.65. The highest BCUT2D eigenvalue weighted by Crippen LogP contribution is 2.20. The van der Waals surface area contributed by atoms with E-state index in [0.29, 0.717) is 24.8 Å². The van der Waals surface area contributed by atoms with E-state index in [2.05, 4.69) is 4.90 Å². The van der Waals surface area contributed by atoms with Crippen LogP contribution >= 0.6 is 0 Å². The maximum atomic E-state index is 12.2. The number of hydrogen-bond acceptors (Lipinski definition) is 4. The van der Waals surface area contributed by atoms with Gasteiger partial charge in [-0.1, -0.05) is 18.2 Å². The first-order chi connectivity index (χ1) is 9.26. The monoisotopic (exact) mass is 258 g/mol. The maximum absolute atomic E-state index is 12.2. The van der Waals surface area contributed by atoms with Crippen LogP contribution in [0.25, 0.3) is 11.0 Å². The predicted octanol–water partition coefficient (Wildman–Crippen LogP) is 1.90. The average Bonchev–Trinajstić information content (AvgIpc) is 3.04. The topological polar surface area (TPSA) is 59.5 Å². The van der Waals surface area contributed by atoms with E-state index in [1.807, 2.05) is 30.3 Å². The second-order valence-electron chi connectivity index (χ2n) is 5.20. The highest BCUT2D eigenvalue weighted by Gasteiger charge is 2.24. The van der Waals surface area contributed by atoms with Gasteiger partial charge in [-0.25, -0.2) is 0 Å². The minimum absolute atomic E-state index is 0.0499. The molecule has 100 valence electrons. The molecule has 1 unspecified atom stereocenters. The molecule has 2 N–H and O–H groups in total. The molecule has 0 saturated carbocycles. The van der Waals surface area contributed by atoms with Gasteiger partial charge in [-0.15, -0.1) is 0 Å². The lowest BCUT2D eigenvalue weighted by Crippen LogP contribution is -2.28. The smallest absolute Gasteiger partial charge is 0.211 e. The molecule has 0 radical (unpaired) electrons. The quantitative estimate of drug-likeness (QED) is 0.851. The van der Waals surface area contributed by atoms with Crippen LogP contribution in [0.3, 0.4) is 0 Å². The van der Waals surface area contributed by atoms with Gasteiger partial charge in [0.1, 0.15) is 5.58 Å². The van der Waals surface area contributed by atoms with Crippen LogP contribution in [0.15, 0.2) is 34.7 Å². The summed E-state index contributed by atoms with van der Waals surface area (Å²) in [6, 6.07) is 9.52. The number of para-hydroxylation sites is 1. The van der Waals surface area contributed by atoms with Crippen LogP contribution in [0.1, 0.15) is 17.0 Å². The van der Waals surface area contributed by atoms with E-state index in [4.69, 9.17) is 10.2 Å². The first-order valence-electron chi connectivity index (χ1n) is 6.70. The molecule has 0 bridgehead atoms. The van der Waals surface area contributed by atoms with Crippen molar-refractivity contribution in [3.8, 4) is 0 Å². The Morgan fingerprint density at radius 1 is 1.42 bits per heavy atom. The molecule has 1 fully saturated rings. The normalized spacial score (nSPS) is 20.2. The number of carbonyl (C=O) groups excluding carboxylic acids is 1. The summed E-state index contributed by atoms with van der Waals surface area (Å²) in [6.07, 6.45) is 1.09. The van der Waals surface area contributed by atoms with Crippen LogP contribution in [0.2, 0.25) is 0 Å². The van der Waals surface area contributed by atoms with Crippen molar-refractivity contribution in [2.45, 2.75) is 6.42 Å². The molecular weight excluding hydrogens is 240 g/mol. The number of hydrogen-bond donors (Lipinski definition) is 1. The van der Waals surface area contributed by atoms with Crippen molar-refractivity contribution in [1.29, 1.82) is 0 Å². The first-order valence-corrected chi connectivity index (χ1v) is 6.70. The Balaban J connectivity index is 1.70. The zero-order valence-electron chi connectivity index (χ0n) is 10.8. The van der Waals surface area contributed by atoms with E-state index in [-0.39, 0.29) is 5.78 Å². The summed E-state index contributed by atoms with van der Waals surface area (Å²) in [5.74, 6) is 1.04. The number of fused-ring (bicyclic) bond motifs is 1. The number of furan rings is 1. The summed E-state index contributed by atoms with van der Waals surface area (Å²) in [5, 5.41) is 0.979. The van der Waals surface area contributed by atoms with Gasteiger partial charge >= 0.3 is 0 Å². The largest absolute Gasteiger partial charge is 0.453 e. The van der Waals surface area contributed by atoms with Gasteiger partial charge in [-0.2, -0.15) is 0 Å². The molecule has 4 heteroatoms. The third kappa shape index (κ3) is 2.55. The molecule has 2 heterocycles. The number of benzene rings is 1. The molecular formula is C15H18N2O2. The number of Topliss-reactive ketones (excluding diaryl/α,β-unsaturated/α-hetero) is 1. The molecule has 0 aliphatic carbocycles. The van der Waals surface area contributed by atoms with Gasteiger partial charge in [0.05, 0.1) is 6.54 Å². The maximum Gasteiger partial charge on any atom is 0.211 e. The van der Waals surface area contributed by atoms with Crippen LogP contribution in [0.5, 0.6) is 0 Å². The van der Waals surface area contributed by atoms with Crippen molar-refractivity contribution in [1.82, 2.24) is 4.90 Å². The molecule has 1 aromatic heterocycles. The molecule has 1 aromatic carbocycles. The molecule has 1 aliphatic heterocycles. The van der Waals surface area contributed by atoms with Gasteiger partial charge in [-0.3, -0.25) is 9.69 Å². The first kappa shape index (κ1) is 12.4.